The van der Waals surface area contributed by atoms with Crippen molar-refractivity contribution in [2.75, 3.05) is 20.6 Å². The van der Waals surface area contributed by atoms with E-state index < -0.39 is 0 Å². The van der Waals surface area contributed by atoms with Gasteiger partial charge < -0.3 is 16.0 Å². The molecule has 3 N–H and O–H groups in total. The molecule has 4 nitrogen and oxygen atoms in total. The van der Waals surface area contributed by atoms with Gasteiger partial charge in [-0.25, -0.2) is 0 Å². The molecule has 0 saturated carbocycles. The molecule has 0 aromatic heterocycles. The molecule has 15 heavy (non-hydrogen) atoms. The van der Waals surface area contributed by atoms with E-state index in [9.17, 15) is 4.79 Å². The molecule has 0 aromatic carbocycles. The Morgan fingerprint density at radius 2 is 2.00 bits per heavy atom. The van der Waals surface area contributed by atoms with Gasteiger partial charge in [0.2, 0.25) is 5.91 Å². The largest absolute Gasteiger partial charge is 0.352 e. The molecular formula is C11H25N3O. The lowest BCUT2D eigenvalue weighted by Gasteiger charge is -2.21. The minimum Gasteiger partial charge on any atom is -0.352 e. The van der Waals surface area contributed by atoms with Crippen molar-refractivity contribution in [1.29, 1.82) is 0 Å². The molecule has 1 amide bonds. The summed E-state index contributed by atoms with van der Waals surface area (Å²) < 4.78 is 0. The first-order chi connectivity index (χ1) is 6.70. The minimum atomic E-state index is -0.262. The molecule has 0 aliphatic carbocycles. The number of carbonyl (C=O) groups is 1. The first-order valence-corrected chi connectivity index (χ1v) is 5.43. The summed E-state index contributed by atoms with van der Waals surface area (Å²) in [5.74, 6) is 0.0860. The summed E-state index contributed by atoms with van der Waals surface area (Å²) in [6, 6.07) is 0.188. The van der Waals surface area contributed by atoms with E-state index in [4.69, 9.17) is 5.73 Å². The quantitative estimate of drug-likeness (QED) is 0.681. The van der Waals surface area contributed by atoms with Crippen LogP contribution in [0.2, 0.25) is 0 Å². The summed E-state index contributed by atoms with van der Waals surface area (Å²) in [5, 5.41) is 2.95. The standard InChI is InChI=1S/C11H25N3O/c1-9(8-14(4)5)13-10(15)6-7-11(2,3)12/h9H,6-8,12H2,1-5H3,(H,13,15). The normalized spacial score (nSPS) is 14.1. The summed E-state index contributed by atoms with van der Waals surface area (Å²) in [5.41, 5.74) is 5.55. The SMILES string of the molecule is CC(CN(C)C)NC(=O)CCC(C)(C)N. The van der Waals surface area contributed by atoms with E-state index in [2.05, 4.69) is 10.2 Å². The van der Waals surface area contributed by atoms with Crippen molar-refractivity contribution in [2.24, 2.45) is 5.73 Å². The Morgan fingerprint density at radius 1 is 1.47 bits per heavy atom. The van der Waals surface area contributed by atoms with Crippen LogP contribution < -0.4 is 11.1 Å². The molecule has 0 heterocycles. The number of nitrogens with zero attached hydrogens (tertiary/aromatic N) is 1. The third-order valence-corrected chi connectivity index (χ3v) is 2.04. The summed E-state index contributed by atoms with van der Waals surface area (Å²) in [4.78, 5) is 13.5. The number of nitrogens with one attached hydrogen (secondary N) is 1. The number of hydrogen-bond acceptors (Lipinski definition) is 3. The van der Waals surface area contributed by atoms with Gasteiger partial charge in [0.25, 0.3) is 0 Å². The van der Waals surface area contributed by atoms with Crippen LogP contribution in [0.15, 0.2) is 0 Å². The van der Waals surface area contributed by atoms with Gasteiger partial charge in [0, 0.05) is 24.5 Å². The van der Waals surface area contributed by atoms with Crippen molar-refractivity contribution in [3.63, 3.8) is 0 Å². The van der Waals surface area contributed by atoms with Gasteiger partial charge in [-0.05, 0) is 41.3 Å². The van der Waals surface area contributed by atoms with E-state index in [1.54, 1.807) is 0 Å². The molecule has 0 spiro atoms. The molecule has 0 rings (SSSR count). The Morgan fingerprint density at radius 3 is 2.40 bits per heavy atom. The fraction of sp³-hybridized carbons (Fsp3) is 0.909. The Balaban J connectivity index is 3.74. The number of carbonyl (C=O) groups excluding carboxylic acids is 1. The van der Waals surface area contributed by atoms with E-state index >= 15 is 0 Å². The highest BCUT2D eigenvalue weighted by atomic mass is 16.1. The third-order valence-electron chi connectivity index (χ3n) is 2.04. The van der Waals surface area contributed by atoms with E-state index in [0.717, 1.165) is 6.54 Å². The van der Waals surface area contributed by atoms with Crippen LogP contribution in [-0.4, -0.2) is 43.0 Å². The zero-order chi connectivity index (χ0) is 12.1. The first-order valence-electron chi connectivity index (χ1n) is 5.43. The smallest absolute Gasteiger partial charge is 0.220 e. The molecule has 0 aliphatic rings. The van der Waals surface area contributed by atoms with Gasteiger partial charge in [-0.1, -0.05) is 0 Å². The second kappa shape index (κ2) is 6.08. The van der Waals surface area contributed by atoms with Gasteiger partial charge in [0.05, 0.1) is 0 Å². The summed E-state index contributed by atoms with van der Waals surface area (Å²) in [7, 11) is 3.98. The lowest BCUT2D eigenvalue weighted by Crippen LogP contribution is -2.41. The van der Waals surface area contributed by atoms with Crippen LogP contribution in [0.5, 0.6) is 0 Å². The van der Waals surface area contributed by atoms with Crippen LogP contribution >= 0.6 is 0 Å². The van der Waals surface area contributed by atoms with Gasteiger partial charge in [0.1, 0.15) is 0 Å². The Bertz CT molecular complexity index is 196. The zero-order valence-corrected chi connectivity index (χ0v) is 10.6. The number of likely N-dealkylation sites (N-methyl/N-ethyl adjacent to an activating group) is 1. The molecule has 0 saturated heterocycles. The predicted octanol–water partition coefficient (Wildman–Crippen LogP) is 0.570. The van der Waals surface area contributed by atoms with Crippen molar-refractivity contribution >= 4 is 5.91 Å². The van der Waals surface area contributed by atoms with Crippen molar-refractivity contribution in [3.05, 3.63) is 0 Å². The van der Waals surface area contributed by atoms with Gasteiger partial charge in [-0.3, -0.25) is 4.79 Å². The van der Waals surface area contributed by atoms with Crippen molar-refractivity contribution in [3.8, 4) is 0 Å². The Labute approximate surface area is 93.2 Å². The third kappa shape index (κ3) is 9.69. The first kappa shape index (κ1) is 14.4. The van der Waals surface area contributed by atoms with E-state index in [1.807, 2.05) is 34.9 Å². The van der Waals surface area contributed by atoms with E-state index in [-0.39, 0.29) is 17.5 Å². The highest BCUT2D eigenvalue weighted by Gasteiger charge is 2.14. The molecule has 4 heteroatoms. The van der Waals surface area contributed by atoms with Crippen molar-refractivity contribution in [2.45, 2.75) is 45.2 Å². The van der Waals surface area contributed by atoms with Crippen LogP contribution in [0.1, 0.15) is 33.6 Å². The van der Waals surface area contributed by atoms with Crippen LogP contribution in [0.4, 0.5) is 0 Å². The van der Waals surface area contributed by atoms with E-state index in [0.29, 0.717) is 12.8 Å². The predicted molar refractivity (Wildman–Crippen MR) is 63.7 cm³/mol. The molecular weight excluding hydrogens is 190 g/mol. The number of hydrogen-bond donors (Lipinski definition) is 2. The number of rotatable bonds is 6. The van der Waals surface area contributed by atoms with E-state index in [1.165, 1.54) is 0 Å². The van der Waals surface area contributed by atoms with Crippen LogP contribution in [0.3, 0.4) is 0 Å². The maximum absolute atomic E-state index is 11.5. The monoisotopic (exact) mass is 215 g/mol. The maximum Gasteiger partial charge on any atom is 0.220 e. The summed E-state index contributed by atoms with van der Waals surface area (Å²) in [6.45, 7) is 6.73. The average Bonchev–Trinajstić information content (AvgIpc) is 1.97. The summed E-state index contributed by atoms with van der Waals surface area (Å²) >= 11 is 0. The maximum atomic E-state index is 11.5. The molecule has 0 aromatic rings. The van der Waals surface area contributed by atoms with Crippen molar-refractivity contribution < 1.29 is 4.79 Å². The second-order valence-electron chi connectivity index (χ2n) is 5.22. The second-order valence-corrected chi connectivity index (χ2v) is 5.22. The molecule has 1 atom stereocenters. The van der Waals surface area contributed by atoms with Crippen LogP contribution in [-0.2, 0) is 4.79 Å². The topological polar surface area (TPSA) is 58.4 Å². The average molecular weight is 215 g/mol. The highest BCUT2D eigenvalue weighted by Crippen LogP contribution is 2.06. The molecule has 0 bridgehead atoms. The zero-order valence-electron chi connectivity index (χ0n) is 10.6. The van der Waals surface area contributed by atoms with Gasteiger partial charge in [0.15, 0.2) is 0 Å². The molecule has 0 fully saturated rings. The fourth-order valence-corrected chi connectivity index (χ4v) is 1.38. The molecule has 1 unspecified atom stereocenters. The van der Waals surface area contributed by atoms with Gasteiger partial charge in [-0.2, -0.15) is 0 Å². The lowest BCUT2D eigenvalue weighted by molar-refractivity contribution is -0.122. The lowest BCUT2D eigenvalue weighted by atomic mass is 10.00. The Hall–Kier alpha value is -0.610. The summed E-state index contributed by atoms with van der Waals surface area (Å²) in [6.07, 6.45) is 1.22. The van der Waals surface area contributed by atoms with Crippen molar-refractivity contribution in [1.82, 2.24) is 10.2 Å². The van der Waals surface area contributed by atoms with Crippen LogP contribution in [0, 0.1) is 0 Å². The fourth-order valence-electron chi connectivity index (χ4n) is 1.38. The number of amides is 1. The minimum absolute atomic E-state index is 0.0860. The van der Waals surface area contributed by atoms with Gasteiger partial charge >= 0.3 is 0 Å². The van der Waals surface area contributed by atoms with Gasteiger partial charge in [-0.15, -0.1) is 0 Å². The Kier molecular flexibility index (Phi) is 5.83. The number of nitrogens with two attached hydrogens (primary N) is 1. The highest BCUT2D eigenvalue weighted by molar-refractivity contribution is 5.76. The molecule has 0 aliphatic heterocycles. The molecule has 0 radical (unpaired) electrons. The van der Waals surface area contributed by atoms with Crippen LogP contribution in [0.25, 0.3) is 0 Å². The molecule has 90 valence electrons.